The number of carbonyl (C=O) groups is 5. The Hall–Kier alpha value is -5.69. The zero-order chi connectivity index (χ0) is 37.4. The fraction of sp³-hybridized carbons (Fsp3) is 0.359. The molecule has 1 aromatic heterocycles. The van der Waals surface area contributed by atoms with Crippen LogP contribution in [0, 0.1) is 5.92 Å². The van der Waals surface area contributed by atoms with Gasteiger partial charge in [0.25, 0.3) is 0 Å². The highest BCUT2D eigenvalue weighted by molar-refractivity contribution is 5.98. The van der Waals surface area contributed by atoms with Crippen molar-refractivity contribution >= 4 is 40.4 Å². The van der Waals surface area contributed by atoms with Gasteiger partial charge >= 0.3 is 0 Å². The van der Waals surface area contributed by atoms with Gasteiger partial charge in [-0.1, -0.05) is 80.9 Å². The zero-order valence-electron chi connectivity index (χ0n) is 29.4. The number of aromatic hydroxyl groups is 1. The Labute approximate surface area is 302 Å². The highest BCUT2D eigenvalue weighted by Gasteiger charge is 2.37. The van der Waals surface area contributed by atoms with Crippen LogP contribution in [0.2, 0.25) is 0 Å². The van der Waals surface area contributed by atoms with Crippen LogP contribution in [0.25, 0.3) is 10.9 Å². The van der Waals surface area contributed by atoms with Crippen LogP contribution in [-0.4, -0.2) is 81.0 Å². The molecule has 8 N–H and O–H groups in total. The quantitative estimate of drug-likeness (QED) is 0.129. The van der Waals surface area contributed by atoms with Crippen molar-refractivity contribution in [2.45, 2.75) is 82.8 Å². The summed E-state index contributed by atoms with van der Waals surface area (Å²) in [5.41, 5.74) is 2.89. The van der Waals surface area contributed by atoms with Crippen molar-refractivity contribution in [2.75, 3.05) is 0 Å². The molecule has 1 fully saturated rings. The average Bonchev–Trinajstić information content (AvgIpc) is 3.54. The molecule has 5 amide bonds. The molecule has 1 saturated heterocycles. The van der Waals surface area contributed by atoms with Gasteiger partial charge in [0.15, 0.2) is 0 Å². The standard InChI is InChI=1S/C39H46N6O7/c1-4-22(2)33-38(51)42-31(19-25-14-16-27(47)17-15-25)37(50)45-34(23(3)46)39(52)43-32(20-26-21-40-29-13-9-8-12-28(26)29)35(48)41-30(36(49)44-33)18-24-10-6-5-7-11-24/h5-17,21-23,30-34,40,46-47H,4,18-20H2,1-3H3,(H,41,48)(H,42,51)(H,43,52)(H,44,49)(H,45,50)/t22-,23+,30-,31+,32-,33-,34+/m0/s1. The van der Waals surface area contributed by atoms with E-state index < -0.39 is 65.8 Å². The van der Waals surface area contributed by atoms with E-state index in [2.05, 4.69) is 31.6 Å². The Morgan fingerprint density at radius 1 is 0.596 bits per heavy atom. The first-order valence-corrected chi connectivity index (χ1v) is 17.5. The maximum atomic E-state index is 14.2. The second-order valence-electron chi connectivity index (χ2n) is 13.4. The number of aliphatic hydroxyl groups excluding tert-OH is 1. The van der Waals surface area contributed by atoms with Gasteiger partial charge in [0, 0.05) is 36.4 Å². The molecule has 7 atom stereocenters. The Balaban J connectivity index is 1.56. The summed E-state index contributed by atoms with van der Waals surface area (Å²) in [6.45, 7) is 4.99. The van der Waals surface area contributed by atoms with Crippen molar-refractivity contribution in [2.24, 2.45) is 5.92 Å². The molecule has 0 unspecified atom stereocenters. The van der Waals surface area contributed by atoms with Crippen molar-refractivity contribution in [1.82, 2.24) is 31.6 Å². The fourth-order valence-corrected chi connectivity index (χ4v) is 6.28. The molecule has 13 heteroatoms. The maximum absolute atomic E-state index is 14.2. The lowest BCUT2D eigenvalue weighted by Gasteiger charge is -2.29. The van der Waals surface area contributed by atoms with Gasteiger partial charge in [-0.2, -0.15) is 0 Å². The van der Waals surface area contributed by atoms with E-state index in [4.69, 9.17) is 0 Å². The number of carbonyl (C=O) groups excluding carboxylic acids is 5. The van der Waals surface area contributed by atoms with E-state index in [9.17, 15) is 34.2 Å². The molecular weight excluding hydrogens is 664 g/mol. The SMILES string of the molecule is CC[C@H](C)[C@@H]1NC(=O)[C@H](Cc2ccccc2)NC(=O)[C@H](Cc2c[nH]c3ccccc23)NC(=O)[C@@H]([C@@H](C)O)NC(=O)[C@@H](Cc2ccc(O)cc2)NC1=O. The average molecular weight is 711 g/mol. The number of phenolic OH excluding ortho intramolecular Hbond substituents is 1. The lowest BCUT2D eigenvalue weighted by molar-refractivity contribution is -0.136. The number of benzene rings is 3. The third-order valence-electron chi connectivity index (χ3n) is 9.51. The van der Waals surface area contributed by atoms with Crippen LogP contribution in [0.15, 0.2) is 85.1 Å². The molecule has 2 heterocycles. The van der Waals surface area contributed by atoms with Crippen LogP contribution in [0.3, 0.4) is 0 Å². The topological polar surface area (TPSA) is 202 Å². The van der Waals surface area contributed by atoms with Gasteiger partial charge in [0.05, 0.1) is 6.10 Å². The van der Waals surface area contributed by atoms with Crippen LogP contribution in [0.1, 0.15) is 43.9 Å². The molecule has 0 aliphatic carbocycles. The predicted octanol–water partition coefficient (Wildman–Crippen LogP) is 1.77. The van der Waals surface area contributed by atoms with Gasteiger partial charge in [-0.3, -0.25) is 24.0 Å². The van der Waals surface area contributed by atoms with E-state index >= 15 is 0 Å². The predicted molar refractivity (Wildman–Crippen MR) is 195 cm³/mol. The fourth-order valence-electron chi connectivity index (χ4n) is 6.28. The molecule has 0 radical (unpaired) electrons. The molecular formula is C39H46N6O7. The minimum atomic E-state index is -1.51. The van der Waals surface area contributed by atoms with Crippen LogP contribution in [-0.2, 0) is 43.2 Å². The number of rotatable bonds is 9. The molecule has 0 bridgehead atoms. The highest BCUT2D eigenvalue weighted by Crippen LogP contribution is 2.20. The molecule has 0 saturated carbocycles. The monoisotopic (exact) mass is 710 g/mol. The Kier molecular flexibility index (Phi) is 12.3. The van der Waals surface area contributed by atoms with Gasteiger partial charge in [-0.05, 0) is 47.7 Å². The van der Waals surface area contributed by atoms with Gasteiger partial charge < -0.3 is 41.8 Å². The summed E-state index contributed by atoms with van der Waals surface area (Å²) in [4.78, 5) is 73.3. The zero-order valence-corrected chi connectivity index (χ0v) is 29.4. The van der Waals surface area contributed by atoms with E-state index in [0.717, 1.165) is 22.0 Å². The lowest BCUT2D eigenvalue weighted by Crippen LogP contribution is -2.61. The Bertz CT molecular complexity index is 1880. The van der Waals surface area contributed by atoms with Gasteiger partial charge in [0.2, 0.25) is 29.5 Å². The molecule has 1 aliphatic rings. The Morgan fingerprint density at radius 2 is 1.10 bits per heavy atom. The number of aromatic nitrogens is 1. The van der Waals surface area contributed by atoms with Crippen molar-refractivity contribution in [1.29, 1.82) is 0 Å². The van der Waals surface area contributed by atoms with Crippen molar-refractivity contribution in [3.8, 4) is 5.75 Å². The van der Waals surface area contributed by atoms with E-state index in [1.807, 2.05) is 61.5 Å². The van der Waals surface area contributed by atoms with E-state index in [0.29, 0.717) is 12.0 Å². The number of aliphatic hydroxyl groups is 1. The number of H-pyrrole nitrogens is 1. The number of para-hydroxylation sites is 1. The first kappa shape index (κ1) is 37.6. The number of amides is 5. The van der Waals surface area contributed by atoms with Gasteiger partial charge in [-0.25, -0.2) is 0 Å². The first-order valence-electron chi connectivity index (χ1n) is 17.5. The molecule has 4 aromatic rings. The number of aromatic amines is 1. The molecule has 5 rings (SSSR count). The second-order valence-corrected chi connectivity index (χ2v) is 13.4. The number of nitrogens with one attached hydrogen (secondary N) is 6. The number of fused-ring (bicyclic) bond motifs is 1. The maximum Gasteiger partial charge on any atom is 0.245 e. The summed E-state index contributed by atoms with van der Waals surface area (Å²) < 4.78 is 0. The van der Waals surface area contributed by atoms with E-state index in [1.165, 1.54) is 19.1 Å². The second kappa shape index (κ2) is 17.0. The van der Waals surface area contributed by atoms with Crippen LogP contribution in [0.4, 0.5) is 0 Å². The summed E-state index contributed by atoms with van der Waals surface area (Å²) >= 11 is 0. The summed E-state index contributed by atoms with van der Waals surface area (Å²) in [5, 5.41) is 35.1. The lowest BCUT2D eigenvalue weighted by atomic mass is 9.96. The minimum absolute atomic E-state index is 0.0140. The molecule has 274 valence electrons. The first-order chi connectivity index (χ1) is 24.9. The third kappa shape index (κ3) is 9.34. The number of hydrogen-bond donors (Lipinski definition) is 8. The van der Waals surface area contributed by atoms with E-state index in [-0.39, 0.29) is 30.9 Å². The Morgan fingerprint density at radius 3 is 1.71 bits per heavy atom. The van der Waals surface area contributed by atoms with E-state index in [1.54, 1.807) is 25.3 Å². The minimum Gasteiger partial charge on any atom is -0.508 e. The van der Waals surface area contributed by atoms with Crippen LogP contribution >= 0.6 is 0 Å². The molecule has 0 spiro atoms. The molecule has 3 aromatic carbocycles. The van der Waals surface area contributed by atoms with Crippen molar-refractivity contribution < 1.29 is 34.2 Å². The van der Waals surface area contributed by atoms with Gasteiger partial charge in [0.1, 0.15) is 36.0 Å². The summed E-state index contributed by atoms with van der Waals surface area (Å²) in [7, 11) is 0. The molecule has 1 aliphatic heterocycles. The summed E-state index contributed by atoms with van der Waals surface area (Å²) in [6, 6.07) is 16.4. The number of phenols is 1. The van der Waals surface area contributed by atoms with Gasteiger partial charge in [-0.15, -0.1) is 0 Å². The van der Waals surface area contributed by atoms with Crippen molar-refractivity contribution in [3.05, 3.63) is 102 Å². The van der Waals surface area contributed by atoms with Crippen molar-refractivity contribution in [3.63, 3.8) is 0 Å². The summed E-state index contributed by atoms with van der Waals surface area (Å²) in [6.07, 6.45) is 0.902. The largest absolute Gasteiger partial charge is 0.508 e. The number of hydrogen-bond acceptors (Lipinski definition) is 7. The smallest absolute Gasteiger partial charge is 0.245 e. The summed E-state index contributed by atoms with van der Waals surface area (Å²) in [5.74, 6) is -3.91. The van der Waals surface area contributed by atoms with Crippen LogP contribution < -0.4 is 26.6 Å². The molecule has 52 heavy (non-hydrogen) atoms. The third-order valence-corrected chi connectivity index (χ3v) is 9.51. The normalized spacial score (nSPS) is 23.2. The molecule has 13 nitrogen and oxygen atoms in total. The van der Waals surface area contributed by atoms with Crippen LogP contribution in [0.5, 0.6) is 5.75 Å². The highest BCUT2D eigenvalue weighted by atomic mass is 16.3.